The van der Waals surface area contributed by atoms with Crippen molar-refractivity contribution in [3.8, 4) is 5.69 Å². The first kappa shape index (κ1) is 12.1. The maximum atomic E-state index is 4.80. The van der Waals surface area contributed by atoms with Crippen LogP contribution >= 0.6 is 15.9 Å². The van der Waals surface area contributed by atoms with E-state index in [2.05, 4.69) is 49.2 Å². The van der Waals surface area contributed by atoms with Gasteiger partial charge in [-0.2, -0.15) is 0 Å². The Morgan fingerprint density at radius 1 is 1.15 bits per heavy atom. The molecule has 102 valence electrons. The van der Waals surface area contributed by atoms with Crippen molar-refractivity contribution < 1.29 is 0 Å². The highest BCUT2D eigenvalue weighted by molar-refractivity contribution is 9.10. The molecule has 0 spiro atoms. The molecular formula is C14H14BrN5. The quantitative estimate of drug-likeness (QED) is 0.744. The molecule has 1 saturated heterocycles. The number of benzene rings is 1. The molecule has 2 aromatic rings. The van der Waals surface area contributed by atoms with Gasteiger partial charge in [-0.25, -0.2) is 0 Å². The van der Waals surface area contributed by atoms with Crippen LogP contribution in [0.1, 0.15) is 24.2 Å². The molecule has 0 radical (unpaired) electrons. The maximum Gasteiger partial charge on any atom is 0.159 e. The van der Waals surface area contributed by atoms with Crippen molar-refractivity contribution in [2.24, 2.45) is 4.99 Å². The van der Waals surface area contributed by atoms with Crippen LogP contribution in [0, 0.1) is 0 Å². The Kier molecular flexibility index (Phi) is 2.84. The van der Waals surface area contributed by atoms with Crippen molar-refractivity contribution >= 4 is 21.8 Å². The third-order valence-electron chi connectivity index (χ3n) is 3.85. The van der Waals surface area contributed by atoms with Crippen molar-refractivity contribution in [1.29, 1.82) is 0 Å². The van der Waals surface area contributed by atoms with Crippen LogP contribution in [0.4, 0.5) is 0 Å². The van der Waals surface area contributed by atoms with E-state index in [0.717, 1.165) is 40.5 Å². The number of aliphatic imine (C=N–C) groups is 1. The molecule has 2 aliphatic heterocycles. The summed E-state index contributed by atoms with van der Waals surface area (Å²) in [5, 5.41) is 8.18. The first-order valence-corrected chi connectivity index (χ1v) is 7.61. The lowest BCUT2D eigenvalue weighted by Gasteiger charge is -2.21. The first-order valence-electron chi connectivity index (χ1n) is 6.81. The minimum atomic E-state index is 0.581. The summed E-state index contributed by atoms with van der Waals surface area (Å²) in [5.41, 5.74) is 2.26. The van der Waals surface area contributed by atoms with Gasteiger partial charge in [0.2, 0.25) is 0 Å². The van der Waals surface area contributed by atoms with Crippen LogP contribution in [-0.2, 0) is 6.54 Å². The van der Waals surface area contributed by atoms with E-state index in [1.807, 2.05) is 4.57 Å². The number of fused-ring (bicyclic) bond motifs is 3. The molecule has 5 nitrogen and oxygen atoms in total. The van der Waals surface area contributed by atoms with Gasteiger partial charge in [-0.1, -0.05) is 15.9 Å². The highest BCUT2D eigenvalue weighted by Gasteiger charge is 2.24. The fourth-order valence-corrected chi connectivity index (χ4v) is 3.26. The monoisotopic (exact) mass is 331 g/mol. The molecule has 0 bridgehead atoms. The van der Waals surface area contributed by atoms with Crippen molar-refractivity contribution in [3.05, 3.63) is 40.4 Å². The van der Waals surface area contributed by atoms with Gasteiger partial charge in [0.05, 0.1) is 5.69 Å². The SMILES string of the molecule is Brc1ccc2c(c1)C(N1CCCC1)=NCc1nncn1-2. The van der Waals surface area contributed by atoms with Gasteiger partial charge in [0.25, 0.3) is 0 Å². The van der Waals surface area contributed by atoms with Gasteiger partial charge in [-0.05, 0) is 31.0 Å². The lowest BCUT2D eigenvalue weighted by atomic mass is 10.1. The van der Waals surface area contributed by atoms with E-state index in [9.17, 15) is 0 Å². The van der Waals surface area contributed by atoms with E-state index in [4.69, 9.17) is 4.99 Å². The predicted octanol–water partition coefficient (Wildman–Crippen LogP) is 2.39. The number of nitrogens with zero attached hydrogens (tertiary/aromatic N) is 5. The summed E-state index contributed by atoms with van der Waals surface area (Å²) >= 11 is 3.57. The van der Waals surface area contributed by atoms with Crippen molar-refractivity contribution in [3.63, 3.8) is 0 Å². The van der Waals surface area contributed by atoms with Crippen LogP contribution in [0.2, 0.25) is 0 Å². The van der Waals surface area contributed by atoms with Gasteiger partial charge in [0, 0.05) is 23.1 Å². The number of rotatable bonds is 0. The standard InChI is InChI=1S/C14H14BrN5/c15-10-3-4-12-11(7-10)14(19-5-1-2-6-19)16-8-13-18-17-9-20(12)13/h3-4,7,9H,1-2,5-6,8H2. The minimum Gasteiger partial charge on any atom is -0.356 e. The molecule has 0 unspecified atom stereocenters. The Hall–Kier alpha value is -1.69. The van der Waals surface area contributed by atoms with Crippen molar-refractivity contribution in [1.82, 2.24) is 19.7 Å². The molecule has 0 saturated carbocycles. The van der Waals surface area contributed by atoms with E-state index in [0.29, 0.717) is 6.54 Å². The van der Waals surface area contributed by atoms with Crippen LogP contribution in [-0.4, -0.2) is 38.6 Å². The summed E-state index contributed by atoms with van der Waals surface area (Å²) in [5.74, 6) is 1.98. The number of amidine groups is 1. The van der Waals surface area contributed by atoms with Crippen LogP contribution in [0.3, 0.4) is 0 Å². The molecule has 1 fully saturated rings. The predicted molar refractivity (Wildman–Crippen MR) is 80.1 cm³/mol. The average molecular weight is 332 g/mol. The molecule has 0 atom stereocenters. The van der Waals surface area contributed by atoms with Crippen LogP contribution in [0.25, 0.3) is 5.69 Å². The highest BCUT2D eigenvalue weighted by atomic mass is 79.9. The molecule has 3 heterocycles. The average Bonchev–Trinajstić information content (AvgIpc) is 3.09. The summed E-state index contributed by atoms with van der Waals surface area (Å²) < 4.78 is 3.11. The fraction of sp³-hybridized carbons (Fsp3) is 0.357. The number of likely N-dealkylation sites (tertiary alicyclic amines) is 1. The molecule has 2 aliphatic rings. The zero-order valence-corrected chi connectivity index (χ0v) is 12.5. The van der Waals surface area contributed by atoms with Gasteiger partial charge < -0.3 is 4.90 Å². The van der Waals surface area contributed by atoms with Crippen molar-refractivity contribution in [2.75, 3.05) is 13.1 Å². The van der Waals surface area contributed by atoms with Crippen LogP contribution < -0.4 is 0 Å². The largest absolute Gasteiger partial charge is 0.356 e. The van der Waals surface area contributed by atoms with Gasteiger partial charge in [-0.15, -0.1) is 10.2 Å². The van der Waals surface area contributed by atoms with Gasteiger partial charge in [-0.3, -0.25) is 9.56 Å². The van der Waals surface area contributed by atoms with E-state index >= 15 is 0 Å². The number of aromatic nitrogens is 3. The summed E-state index contributed by atoms with van der Waals surface area (Å²) in [6.45, 7) is 2.76. The number of halogens is 1. The molecule has 1 aromatic heterocycles. The van der Waals surface area contributed by atoms with Crippen LogP contribution in [0.15, 0.2) is 34.0 Å². The van der Waals surface area contributed by atoms with Gasteiger partial charge >= 0.3 is 0 Å². The summed E-state index contributed by atoms with van der Waals surface area (Å²) in [6, 6.07) is 6.29. The first-order chi connectivity index (χ1) is 9.83. The summed E-state index contributed by atoms with van der Waals surface area (Å²) in [4.78, 5) is 7.18. The zero-order valence-electron chi connectivity index (χ0n) is 11.0. The highest BCUT2D eigenvalue weighted by Crippen LogP contribution is 2.27. The fourth-order valence-electron chi connectivity index (χ4n) is 2.90. The number of hydrogen-bond acceptors (Lipinski definition) is 4. The normalized spacial score (nSPS) is 17.4. The Labute approximate surface area is 125 Å². The second-order valence-electron chi connectivity index (χ2n) is 5.11. The lowest BCUT2D eigenvalue weighted by molar-refractivity contribution is 0.518. The van der Waals surface area contributed by atoms with Gasteiger partial charge in [0.1, 0.15) is 18.7 Å². The summed E-state index contributed by atoms with van der Waals surface area (Å²) in [6.07, 6.45) is 4.26. The lowest BCUT2D eigenvalue weighted by Crippen LogP contribution is -2.29. The molecular weight excluding hydrogens is 318 g/mol. The molecule has 6 heteroatoms. The number of hydrogen-bond donors (Lipinski definition) is 0. The van der Waals surface area contributed by atoms with E-state index in [-0.39, 0.29) is 0 Å². The molecule has 4 rings (SSSR count). The van der Waals surface area contributed by atoms with E-state index < -0.39 is 0 Å². The summed E-state index contributed by atoms with van der Waals surface area (Å²) in [7, 11) is 0. The third kappa shape index (κ3) is 1.86. The zero-order chi connectivity index (χ0) is 13.5. The molecule has 0 amide bonds. The Bertz CT molecular complexity index is 685. The molecule has 0 aliphatic carbocycles. The molecule has 1 aromatic carbocycles. The maximum absolute atomic E-state index is 4.80. The minimum absolute atomic E-state index is 0.581. The van der Waals surface area contributed by atoms with E-state index in [1.165, 1.54) is 12.8 Å². The Morgan fingerprint density at radius 3 is 2.85 bits per heavy atom. The Morgan fingerprint density at radius 2 is 2.00 bits per heavy atom. The van der Waals surface area contributed by atoms with E-state index in [1.54, 1.807) is 6.33 Å². The molecule has 0 N–H and O–H groups in total. The van der Waals surface area contributed by atoms with Gasteiger partial charge in [0.15, 0.2) is 5.82 Å². The van der Waals surface area contributed by atoms with Crippen LogP contribution in [0.5, 0.6) is 0 Å². The van der Waals surface area contributed by atoms with Crippen molar-refractivity contribution in [2.45, 2.75) is 19.4 Å². The second kappa shape index (κ2) is 4.70. The third-order valence-corrected chi connectivity index (χ3v) is 4.35. The second-order valence-corrected chi connectivity index (χ2v) is 6.03. The topological polar surface area (TPSA) is 46.3 Å². The smallest absolute Gasteiger partial charge is 0.159 e. The Balaban J connectivity index is 1.91. The molecule has 20 heavy (non-hydrogen) atoms.